The first-order valence-corrected chi connectivity index (χ1v) is 6.64. The number of hydrogen-bond donors (Lipinski definition) is 1. The number of rotatable bonds is 2. The number of imidazole rings is 1. The maximum absolute atomic E-state index is 13.4. The molecule has 1 heterocycles. The standard InChI is InChI=1S/C14H16FN3/c15-9-2-5-11-12(8-9)18(10-3-4-10)13(17-11)14(16)6-1-7-14/h2,5,8,10H,1,3-4,6-7,16H2. The van der Waals surface area contributed by atoms with Crippen molar-refractivity contribution in [3.63, 3.8) is 0 Å². The van der Waals surface area contributed by atoms with Gasteiger partial charge in [-0.2, -0.15) is 0 Å². The van der Waals surface area contributed by atoms with Gasteiger partial charge in [0.1, 0.15) is 11.6 Å². The van der Waals surface area contributed by atoms with Crippen molar-refractivity contribution in [3.8, 4) is 0 Å². The summed E-state index contributed by atoms with van der Waals surface area (Å²) < 4.78 is 15.6. The lowest BCUT2D eigenvalue weighted by Crippen LogP contribution is -2.45. The van der Waals surface area contributed by atoms with Crippen molar-refractivity contribution in [2.75, 3.05) is 0 Å². The number of aromatic nitrogens is 2. The molecule has 4 heteroatoms. The first-order valence-electron chi connectivity index (χ1n) is 6.64. The molecule has 0 bridgehead atoms. The Kier molecular flexibility index (Phi) is 1.94. The minimum Gasteiger partial charge on any atom is -0.323 e. The topological polar surface area (TPSA) is 43.8 Å². The van der Waals surface area contributed by atoms with Crippen LogP contribution in [-0.4, -0.2) is 9.55 Å². The quantitative estimate of drug-likeness (QED) is 0.884. The summed E-state index contributed by atoms with van der Waals surface area (Å²) in [5.41, 5.74) is 7.91. The molecule has 94 valence electrons. The molecule has 18 heavy (non-hydrogen) atoms. The van der Waals surface area contributed by atoms with Crippen LogP contribution in [0.15, 0.2) is 18.2 Å². The van der Waals surface area contributed by atoms with Crippen LogP contribution in [0.2, 0.25) is 0 Å². The van der Waals surface area contributed by atoms with Crippen LogP contribution in [0.5, 0.6) is 0 Å². The summed E-state index contributed by atoms with van der Waals surface area (Å²) in [7, 11) is 0. The molecule has 1 aromatic carbocycles. The van der Waals surface area contributed by atoms with E-state index in [-0.39, 0.29) is 11.4 Å². The van der Waals surface area contributed by atoms with Gasteiger partial charge in [0.15, 0.2) is 0 Å². The molecule has 2 aliphatic carbocycles. The van der Waals surface area contributed by atoms with Gasteiger partial charge in [-0.15, -0.1) is 0 Å². The van der Waals surface area contributed by atoms with Gasteiger partial charge >= 0.3 is 0 Å². The van der Waals surface area contributed by atoms with Crippen LogP contribution >= 0.6 is 0 Å². The largest absolute Gasteiger partial charge is 0.323 e. The molecule has 2 fully saturated rings. The molecule has 0 unspecified atom stereocenters. The van der Waals surface area contributed by atoms with E-state index in [0.29, 0.717) is 6.04 Å². The smallest absolute Gasteiger partial charge is 0.130 e. The highest BCUT2D eigenvalue weighted by atomic mass is 19.1. The maximum atomic E-state index is 13.4. The highest BCUT2D eigenvalue weighted by Gasteiger charge is 2.41. The summed E-state index contributed by atoms with van der Waals surface area (Å²) in [6, 6.07) is 5.30. The summed E-state index contributed by atoms with van der Waals surface area (Å²) in [4.78, 5) is 4.68. The molecule has 0 spiro atoms. The van der Waals surface area contributed by atoms with Crippen molar-refractivity contribution >= 4 is 11.0 Å². The van der Waals surface area contributed by atoms with E-state index in [9.17, 15) is 4.39 Å². The van der Waals surface area contributed by atoms with E-state index in [0.717, 1.165) is 42.5 Å². The third kappa shape index (κ3) is 1.35. The number of fused-ring (bicyclic) bond motifs is 1. The van der Waals surface area contributed by atoms with Crippen molar-refractivity contribution in [2.45, 2.75) is 43.7 Å². The van der Waals surface area contributed by atoms with E-state index < -0.39 is 0 Å². The van der Waals surface area contributed by atoms with Crippen molar-refractivity contribution in [2.24, 2.45) is 5.73 Å². The second kappa shape index (κ2) is 3.32. The van der Waals surface area contributed by atoms with Gasteiger partial charge in [0, 0.05) is 6.04 Å². The van der Waals surface area contributed by atoms with Crippen LogP contribution in [0, 0.1) is 5.82 Å². The highest BCUT2D eigenvalue weighted by Crippen LogP contribution is 2.45. The molecule has 0 atom stereocenters. The normalized spacial score (nSPS) is 22.1. The van der Waals surface area contributed by atoms with Crippen molar-refractivity contribution in [1.29, 1.82) is 0 Å². The van der Waals surface area contributed by atoms with Crippen molar-refractivity contribution in [1.82, 2.24) is 9.55 Å². The molecule has 2 N–H and O–H groups in total. The molecule has 0 aliphatic heterocycles. The summed E-state index contributed by atoms with van der Waals surface area (Å²) in [5.74, 6) is 0.771. The van der Waals surface area contributed by atoms with Crippen LogP contribution in [-0.2, 0) is 5.54 Å². The van der Waals surface area contributed by atoms with E-state index in [1.165, 1.54) is 12.5 Å². The fourth-order valence-corrected chi connectivity index (χ4v) is 2.90. The minimum absolute atomic E-state index is 0.199. The Balaban J connectivity index is 1.98. The predicted octanol–water partition coefficient (Wildman–Crippen LogP) is 2.85. The van der Waals surface area contributed by atoms with Gasteiger partial charge in [0.05, 0.1) is 16.6 Å². The molecular weight excluding hydrogens is 229 g/mol. The van der Waals surface area contributed by atoms with Gasteiger partial charge < -0.3 is 10.3 Å². The Hall–Kier alpha value is -1.42. The monoisotopic (exact) mass is 245 g/mol. The first kappa shape index (κ1) is 10.5. The van der Waals surface area contributed by atoms with Gasteiger partial charge in [0.25, 0.3) is 0 Å². The van der Waals surface area contributed by atoms with E-state index in [2.05, 4.69) is 9.55 Å². The zero-order valence-corrected chi connectivity index (χ0v) is 10.2. The second-order valence-corrected chi connectivity index (χ2v) is 5.68. The van der Waals surface area contributed by atoms with Crippen LogP contribution in [0.1, 0.15) is 44.0 Å². The molecule has 0 amide bonds. The second-order valence-electron chi connectivity index (χ2n) is 5.68. The Morgan fingerprint density at radius 3 is 2.72 bits per heavy atom. The summed E-state index contributed by atoms with van der Waals surface area (Å²) in [5, 5.41) is 0. The van der Waals surface area contributed by atoms with E-state index >= 15 is 0 Å². The van der Waals surface area contributed by atoms with E-state index in [1.807, 2.05) is 0 Å². The first-order chi connectivity index (χ1) is 8.67. The third-order valence-electron chi connectivity index (χ3n) is 4.25. The Morgan fingerprint density at radius 1 is 1.33 bits per heavy atom. The van der Waals surface area contributed by atoms with Crippen LogP contribution < -0.4 is 5.73 Å². The van der Waals surface area contributed by atoms with Gasteiger partial charge in [0.2, 0.25) is 0 Å². The summed E-state index contributed by atoms with van der Waals surface area (Å²) in [6.07, 6.45) is 5.46. The number of nitrogens with two attached hydrogens (primary N) is 1. The average molecular weight is 245 g/mol. The molecule has 2 aromatic rings. The minimum atomic E-state index is -0.280. The zero-order chi connectivity index (χ0) is 12.3. The van der Waals surface area contributed by atoms with Crippen molar-refractivity contribution < 1.29 is 4.39 Å². The van der Waals surface area contributed by atoms with Gasteiger partial charge in [-0.3, -0.25) is 0 Å². The Labute approximate surface area is 105 Å². The van der Waals surface area contributed by atoms with Crippen LogP contribution in [0.25, 0.3) is 11.0 Å². The highest BCUT2D eigenvalue weighted by molar-refractivity contribution is 5.76. The van der Waals surface area contributed by atoms with Crippen molar-refractivity contribution in [3.05, 3.63) is 29.8 Å². The zero-order valence-electron chi connectivity index (χ0n) is 10.2. The van der Waals surface area contributed by atoms with E-state index in [4.69, 9.17) is 5.73 Å². The maximum Gasteiger partial charge on any atom is 0.130 e. The molecule has 2 aliphatic rings. The molecule has 1 aromatic heterocycles. The number of halogens is 1. The third-order valence-corrected chi connectivity index (χ3v) is 4.25. The van der Waals surface area contributed by atoms with Gasteiger partial charge in [-0.25, -0.2) is 9.37 Å². The fourth-order valence-electron chi connectivity index (χ4n) is 2.90. The molecular formula is C14H16FN3. The van der Waals surface area contributed by atoms with Crippen LogP contribution in [0.3, 0.4) is 0 Å². The number of hydrogen-bond acceptors (Lipinski definition) is 2. The lowest BCUT2D eigenvalue weighted by atomic mass is 9.77. The predicted molar refractivity (Wildman–Crippen MR) is 67.7 cm³/mol. The molecule has 0 saturated heterocycles. The summed E-state index contributed by atoms with van der Waals surface area (Å²) in [6.45, 7) is 0. The molecule has 0 radical (unpaired) electrons. The van der Waals surface area contributed by atoms with Crippen LogP contribution in [0.4, 0.5) is 4.39 Å². The van der Waals surface area contributed by atoms with Gasteiger partial charge in [-0.1, -0.05) is 0 Å². The van der Waals surface area contributed by atoms with Gasteiger partial charge in [-0.05, 0) is 50.3 Å². The van der Waals surface area contributed by atoms with E-state index in [1.54, 1.807) is 12.1 Å². The lowest BCUT2D eigenvalue weighted by molar-refractivity contribution is 0.231. The number of benzene rings is 1. The average Bonchev–Trinajstić information content (AvgIpc) is 3.07. The lowest BCUT2D eigenvalue weighted by Gasteiger charge is -2.37. The fraction of sp³-hybridized carbons (Fsp3) is 0.500. The number of nitrogens with zero attached hydrogens (tertiary/aromatic N) is 2. The molecule has 4 rings (SSSR count). The Bertz CT molecular complexity index is 623. The Morgan fingerprint density at radius 2 is 2.11 bits per heavy atom. The molecule has 3 nitrogen and oxygen atoms in total. The molecule has 2 saturated carbocycles. The SMILES string of the molecule is NC1(c2nc3ccc(F)cc3n2C2CC2)CCC1. The summed E-state index contributed by atoms with van der Waals surface area (Å²) >= 11 is 0.